The predicted molar refractivity (Wildman–Crippen MR) is 63.2 cm³/mol. The number of nitriles is 1. The van der Waals surface area contributed by atoms with E-state index in [4.69, 9.17) is 5.26 Å². The fourth-order valence-electron chi connectivity index (χ4n) is 1.58. The average Bonchev–Trinajstić information content (AvgIpc) is 2.35. The molecule has 0 aromatic heterocycles. The lowest BCUT2D eigenvalue weighted by Crippen LogP contribution is -2.20. The van der Waals surface area contributed by atoms with Crippen LogP contribution < -0.4 is 4.74 Å². The van der Waals surface area contributed by atoms with Crippen molar-refractivity contribution >= 4 is 5.97 Å². The Labute approximate surface area is 113 Å². The number of alkyl halides is 3. The highest BCUT2D eigenvalue weighted by molar-refractivity contribution is 5.95. The Bertz CT molecular complexity index is 547. The minimum atomic E-state index is -4.96. The molecule has 0 N–H and O–H groups in total. The number of carbonyl (C=O) groups is 1. The van der Waals surface area contributed by atoms with E-state index in [1.807, 2.05) is 0 Å². The van der Waals surface area contributed by atoms with Crippen LogP contribution in [0.1, 0.15) is 35.3 Å². The molecule has 0 bridgehead atoms. The number of benzene rings is 1. The molecule has 4 nitrogen and oxygen atoms in total. The number of aryl methyl sites for hydroxylation is 1. The van der Waals surface area contributed by atoms with Crippen LogP contribution in [0.25, 0.3) is 0 Å². The first-order chi connectivity index (χ1) is 9.32. The molecule has 0 saturated carbocycles. The lowest BCUT2D eigenvalue weighted by molar-refractivity contribution is -0.274. The van der Waals surface area contributed by atoms with Crippen molar-refractivity contribution in [1.82, 2.24) is 0 Å². The molecule has 0 aliphatic heterocycles. The van der Waals surface area contributed by atoms with Gasteiger partial charge in [-0.15, -0.1) is 13.2 Å². The van der Waals surface area contributed by atoms with E-state index in [9.17, 15) is 18.0 Å². The minimum absolute atomic E-state index is 0.0231. The van der Waals surface area contributed by atoms with Crippen LogP contribution in [-0.4, -0.2) is 18.9 Å². The first-order valence-corrected chi connectivity index (χ1v) is 5.82. The fraction of sp³-hybridized carbons (Fsp3) is 0.385. The fourth-order valence-corrected chi connectivity index (χ4v) is 1.58. The lowest BCUT2D eigenvalue weighted by Gasteiger charge is -2.15. The molecule has 0 aliphatic carbocycles. The number of hydrogen-bond acceptors (Lipinski definition) is 4. The number of nitrogens with zero attached hydrogens (tertiary/aromatic N) is 1. The van der Waals surface area contributed by atoms with E-state index >= 15 is 0 Å². The first kappa shape index (κ1) is 15.8. The van der Waals surface area contributed by atoms with Crippen LogP contribution in [0.15, 0.2) is 12.1 Å². The Balaban J connectivity index is 3.43. The molecule has 7 heteroatoms. The van der Waals surface area contributed by atoms with E-state index in [0.29, 0.717) is 12.0 Å². The maximum atomic E-state index is 12.4. The predicted octanol–water partition coefficient (Wildman–Crippen LogP) is 3.20. The number of rotatable bonds is 4. The molecule has 0 atom stereocenters. The molecule has 0 saturated heterocycles. The molecule has 0 fully saturated rings. The topological polar surface area (TPSA) is 59.3 Å². The SMILES string of the molecule is CCOC(=O)c1c(C#N)cc(CC)cc1OC(F)(F)F. The third-order valence-corrected chi connectivity index (χ3v) is 2.40. The van der Waals surface area contributed by atoms with Crippen LogP contribution >= 0.6 is 0 Å². The van der Waals surface area contributed by atoms with Crippen LogP contribution in [0.5, 0.6) is 5.75 Å². The van der Waals surface area contributed by atoms with Crippen molar-refractivity contribution in [2.75, 3.05) is 6.61 Å². The van der Waals surface area contributed by atoms with Crippen molar-refractivity contribution in [3.8, 4) is 11.8 Å². The van der Waals surface area contributed by atoms with Gasteiger partial charge in [0.05, 0.1) is 12.2 Å². The van der Waals surface area contributed by atoms with Gasteiger partial charge in [0.1, 0.15) is 17.4 Å². The van der Waals surface area contributed by atoms with Crippen LogP contribution in [0.3, 0.4) is 0 Å². The lowest BCUT2D eigenvalue weighted by atomic mass is 10.0. The largest absolute Gasteiger partial charge is 0.573 e. The highest BCUT2D eigenvalue weighted by atomic mass is 19.4. The van der Waals surface area contributed by atoms with Gasteiger partial charge in [-0.1, -0.05) is 6.92 Å². The van der Waals surface area contributed by atoms with Gasteiger partial charge in [0, 0.05) is 0 Å². The van der Waals surface area contributed by atoms with E-state index in [0.717, 1.165) is 6.07 Å². The summed E-state index contributed by atoms with van der Waals surface area (Å²) in [6, 6.07) is 4.11. The summed E-state index contributed by atoms with van der Waals surface area (Å²) in [5, 5.41) is 8.98. The minimum Gasteiger partial charge on any atom is -0.462 e. The van der Waals surface area contributed by atoms with Gasteiger partial charge in [-0.3, -0.25) is 0 Å². The number of halogens is 3. The zero-order valence-electron chi connectivity index (χ0n) is 10.9. The van der Waals surface area contributed by atoms with Crippen LogP contribution in [0.2, 0.25) is 0 Å². The van der Waals surface area contributed by atoms with Crippen LogP contribution in [-0.2, 0) is 11.2 Å². The number of carbonyl (C=O) groups excluding carboxylic acids is 1. The molecular weight excluding hydrogens is 275 g/mol. The zero-order chi connectivity index (χ0) is 15.3. The van der Waals surface area contributed by atoms with Crippen molar-refractivity contribution in [2.24, 2.45) is 0 Å². The van der Waals surface area contributed by atoms with Gasteiger partial charge < -0.3 is 9.47 Å². The van der Waals surface area contributed by atoms with Gasteiger partial charge >= 0.3 is 12.3 Å². The van der Waals surface area contributed by atoms with Crippen molar-refractivity contribution in [1.29, 1.82) is 5.26 Å². The molecule has 0 spiro atoms. The Morgan fingerprint density at radius 2 is 2.00 bits per heavy atom. The summed E-state index contributed by atoms with van der Waals surface area (Å²) in [5.74, 6) is -1.74. The summed E-state index contributed by atoms with van der Waals surface area (Å²) < 4.78 is 45.6. The molecule has 1 rings (SSSR count). The van der Waals surface area contributed by atoms with Gasteiger partial charge in [0.25, 0.3) is 0 Å². The summed E-state index contributed by atoms with van der Waals surface area (Å²) in [6.45, 7) is 3.19. The summed E-state index contributed by atoms with van der Waals surface area (Å²) >= 11 is 0. The molecule has 1 aromatic carbocycles. The molecule has 0 unspecified atom stereocenters. The van der Waals surface area contributed by atoms with Crippen molar-refractivity contribution in [2.45, 2.75) is 26.6 Å². The highest BCUT2D eigenvalue weighted by Gasteiger charge is 2.34. The van der Waals surface area contributed by atoms with E-state index in [-0.39, 0.29) is 12.2 Å². The van der Waals surface area contributed by atoms with Gasteiger partial charge in [0.2, 0.25) is 0 Å². The quantitative estimate of drug-likeness (QED) is 0.798. The molecule has 108 valence electrons. The highest BCUT2D eigenvalue weighted by Crippen LogP contribution is 2.31. The normalized spacial score (nSPS) is 10.8. The first-order valence-electron chi connectivity index (χ1n) is 5.82. The van der Waals surface area contributed by atoms with Gasteiger partial charge in [-0.25, -0.2) is 4.79 Å². The molecule has 0 aliphatic rings. The smallest absolute Gasteiger partial charge is 0.462 e. The summed E-state index contributed by atoms with van der Waals surface area (Å²) in [7, 11) is 0. The van der Waals surface area contributed by atoms with E-state index in [1.54, 1.807) is 13.0 Å². The summed E-state index contributed by atoms with van der Waals surface area (Å²) in [4.78, 5) is 11.7. The standard InChI is InChI=1S/C13H12F3NO3/c1-3-8-5-9(7-17)11(12(18)19-4-2)10(6-8)20-13(14,15)16/h5-6H,3-4H2,1-2H3. The van der Waals surface area contributed by atoms with E-state index < -0.39 is 23.6 Å². The summed E-state index contributed by atoms with van der Waals surface area (Å²) in [5.41, 5.74) is -0.264. The molecule has 20 heavy (non-hydrogen) atoms. The Hall–Kier alpha value is -2.23. The maximum Gasteiger partial charge on any atom is 0.573 e. The van der Waals surface area contributed by atoms with Crippen molar-refractivity contribution in [3.63, 3.8) is 0 Å². The van der Waals surface area contributed by atoms with Gasteiger partial charge in [-0.05, 0) is 31.0 Å². The van der Waals surface area contributed by atoms with Crippen LogP contribution in [0, 0.1) is 11.3 Å². The third kappa shape index (κ3) is 3.88. The number of esters is 1. The van der Waals surface area contributed by atoms with Gasteiger partial charge in [0.15, 0.2) is 0 Å². The summed E-state index contributed by atoms with van der Waals surface area (Å²) in [6.07, 6.45) is -4.56. The Kier molecular flexibility index (Phi) is 4.97. The maximum absolute atomic E-state index is 12.4. The average molecular weight is 287 g/mol. The van der Waals surface area contributed by atoms with Crippen LogP contribution in [0.4, 0.5) is 13.2 Å². The molecule has 0 heterocycles. The van der Waals surface area contributed by atoms with Crippen molar-refractivity contribution in [3.05, 3.63) is 28.8 Å². The van der Waals surface area contributed by atoms with E-state index in [1.165, 1.54) is 13.0 Å². The third-order valence-electron chi connectivity index (χ3n) is 2.40. The second-order valence-electron chi connectivity index (χ2n) is 3.75. The van der Waals surface area contributed by atoms with E-state index in [2.05, 4.69) is 9.47 Å². The monoisotopic (exact) mass is 287 g/mol. The molecular formula is C13H12F3NO3. The molecule has 0 radical (unpaired) electrons. The zero-order valence-corrected chi connectivity index (χ0v) is 10.9. The molecule has 0 amide bonds. The second-order valence-corrected chi connectivity index (χ2v) is 3.75. The number of hydrogen-bond donors (Lipinski definition) is 0. The second kappa shape index (κ2) is 6.28. The van der Waals surface area contributed by atoms with Crippen molar-refractivity contribution < 1.29 is 27.4 Å². The number of ether oxygens (including phenoxy) is 2. The Morgan fingerprint density at radius 1 is 1.35 bits per heavy atom. The Morgan fingerprint density at radius 3 is 2.45 bits per heavy atom. The van der Waals surface area contributed by atoms with Gasteiger partial charge in [-0.2, -0.15) is 5.26 Å². The molecule has 1 aromatic rings.